The minimum atomic E-state index is -0.993. The molecule has 0 aliphatic rings. The molecule has 0 aliphatic heterocycles. The molecule has 14 heavy (non-hydrogen) atoms. The van der Waals surface area contributed by atoms with E-state index in [4.69, 9.17) is 5.73 Å². The van der Waals surface area contributed by atoms with E-state index < -0.39 is 6.17 Å². The van der Waals surface area contributed by atoms with Crippen LogP contribution in [-0.2, 0) is 13.0 Å². The second kappa shape index (κ2) is 4.89. The number of nitrogens with zero attached hydrogens (tertiary/aromatic N) is 2. The Morgan fingerprint density at radius 2 is 2.29 bits per heavy atom. The molecule has 2 N–H and O–H groups in total. The first kappa shape index (κ1) is 11.7. The Hall–Kier alpha value is -0.420. The highest BCUT2D eigenvalue weighted by molar-refractivity contribution is 9.10. The molecule has 1 aromatic rings. The molecule has 0 amide bonds. The summed E-state index contributed by atoms with van der Waals surface area (Å²) in [4.78, 5) is 0. The van der Waals surface area contributed by atoms with E-state index in [1.807, 2.05) is 18.5 Å². The fourth-order valence-corrected chi connectivity index (χ4v) is 1.80. The molecule has 0 saturated heterocycles. The molecule has 0 radical (unpaired) electrons. The molecule has 0 fully saturated rings. The zero-order valence-corrected chi connectivity index (χ0v) is 10.0. The molecule has 1 heterocycles. The second-order valence-corrected chi connectivity index (χ2v) is 3.99. The van der Waals surface area contributed by atoms with Gasteiger partial charge in [0.2, 0.25) is 0 Å². The first-order chi connectivity index (χ1) is 6.60. The molecule has 1 rings (SSSR count). The van der Waals surface area contributed by atoms with Crippen molar-refractivity contribution in [2.45, 2.75) is 33.0 Å². The van der Waals surface area contributed by atoms with Gasteiger partial charge in [-0.2, -0.15) is 5.10 Å². The molecule has 0 aliphatic carbocycles. The van der Waals surface area contributed by atoms with Gasteiger partial charge in [-0.05, 0) is 29.8 Å². The predicted molar refractivity (Wildman–Crippen MR) is 58.0 cm³/mol. The topological polar surface area (TPSA) is 43.8 Å². The number of alkyl halides is 1. The van der Waals surface area contributed by atoms with Crippen molar-refractivity contribution in [3.8, 4) is 0 Å². The highest BCUT2D eigenvalue weighted by Gasteiger charge is 2.15. The summed E-state index contributed by atoms with van der Waals surface area (Å²) in [5.74, 6) is 0. The third kappa shape index (κ3) is 2.33. The van der Waals surface area contributed by atoms with E-state index in [1.165, 1.54) is 0 Å². The summed E-state index contributed by atoms with van der Waals surface area (Å²) in [5.41, 5.74) is 7.03. The van der Waals surface area contributed by atoms with Crippen molar-refractivity contribution < 1.29 is 4.39 Å². The van der Waals surface area contributed by atoms with Crippen LogP contribution in [0.15, 0.2) is 4.47 Å². The first-order valence-electron chi connectivity index (χ1n) is 4.66. The normalized spacial score (nSPS) is 13.2. The van der Waals surface area contributed by atoms with Crippen LogP contribution in [0.25, 0.3) is 0 Å². The smallest absolute Gasteiger partial charge is 0.118 e. The minimum absolute atomic E-state index is 0.0559. The van der Waals surface area contributed by atoms with Gasteiger partial charge in [0, 0.05) is 19.5 Å². The Bertz CT molecular complexity index is 311. The predicted octanol–water partition coefficient (Wildman–Crippen LogP) is 1.81. The lowest BCUT2D eigenvalue weighted by molar-refractivity contribution is 0.332. The van der Waals surface area contributed by atoms with Crippen molar-refractivity contribution in [1.29, 1.82) is 0 Å². The fourth-order valence-electron chi connectivity index (χ4n) is 1.36. The van der Waals surface area contributed by atoms with Gasteiger partial charge in [0.1, 0.15) is 6.17 Å². The number of hydrogen-bond donors (Lipinski definition) is 1. The standard InChI is InChI=1S/C9H15BrFN3/c1-3-14-8(4-7(11)5-12)9(10)6(2)13-14/h7H,3-5,12H2,1-2H3. The second-order valence-electron chi connectivity index (χ2n) is 3.20. The Labute approximate surface area is 91.6 Å². The molecule has 1 atom stereocenters. The van der Waals surface area contributed by atoms with Crippen molar-refractivity contribution >= 4 is 15.9 Å². The third-order valence-electron chi connectivity index (χ3n) is 2.12. The largest absolute Gasteiger partial charge is 0.328 e. The maximum absolute atomic E-state index is 13.1. The zero-order valence-electron chi connectivity index (χ0n) is 8.43. The average molecular weight is 264 g/mol. The van der Waals surface area contributed by atoms with E-state index in [0.717, 1.165) is 22.4 Å². The SMILES string of the molecule is CCn1nc(C)c(Br)c1CC(F)CN. The number of rotatable bonds is 4. The molecule has 3 nitrogen and oxygen atoms in total. The lowest BCUT2D eigenvalue weighted by atomic mass is 10.2. The van der Waals surface area contributed by atoms with E-state index in [1.54, 1.807) is 0 Å². The molecule has 0 spiro atoms. The van der Waals surface area contributed by atoms with Crippen molar-refractivity contribution in [1.82, 2.24) is 9.78 Å². The third-order valence-corrected chi connectivity index (χ3v) is 3.15. The average Bonchev–Trinajstić information content (AvgIpc) is 2.45. The Morgan fingerprint density at radius 3 is 2.79 bits per heavy atom. The zero-order chi connectivity index (χ0) is 10.7. The molecule has 0 saturated carbocycles. The van der Waals surface area contributed by atoms with E-state index in [-0.39, 0.29) is 6.54 Å². The first-order valence-corrected chi connectivity index (χ1v) is 5.45. The van der Waals surface area contributed by atoms with E-state index in [9.17, 15) is 4.39 Å². The van der Waals surface area contributed by atoms with Crippen LogP contribution in [0.4, 0.5) is 4.39 Å². The summed E-state index contributed by atoms with van der Waals surface area (Å²) >= 11 is 3.41. The van der Waals surface area contributed by atoms with Crippen LogP contribution in [0.2, 0.25) is 0 Å². The lowest BCUT2D eigenvalue weighted by Crippen LogP contribution is -2.19. The van der Waals surface area contributed by atoms with Gasteiger partial charge in [0.25, 0.3) is 0 Å². The van der Waals surface area contributed by atoms with Crippen molar-refractivity contribution in [3.63, 3.8) is 0 Å². The quantitative estimate of drug-likeness (QED) is 0.901. The van der Waals surface area contributed by atoms with Gasteiger partial charge in [0.05, 0.1) is 15.9 Å². The highest BCUT2D eigenvalue weighted by atomic mass is 79.9. The number of aryl methyl sites for hydroxylation is 2. The fraction of sp³-hybridized carbons (Fsp3) is 0.667. The molecular weight excluding hydrogens is 249 g/mol. The summed E-state index contributed by atoms with van der Waals surface area (Å²) < 4.78 is 15.8. The number of aromatic nitrogens is 2. The Balaban J connectivity index is 2.93. The lowest BCUT2D eigenvalue weighted by Gasteiger charge is -2.07. The maximum atomic E-state index is 13.1. The molecular formula is C9H15BrFN3. The summed E-state index contributed by atoms with van der Waals surface area (Å²) in [5, 5.41) is 4.28. The van der Waals surface area contributed by atoms with E-state index in [2.05, 4.69) is 21.0 Å². The molecule has 0 bridgehead atoms. The molecule has 80 valence electrons. The van der Waals surface area contributed by atoms with Crippen LogP contribution >= 0.6 is 15.9 Å². The van der Waals surface area contributed by atoms with Crippen LogP contribution in [0.1, 0.15) is 18.3 Å². The number of halogens is 2. The molecule has 1 aromatic heterocycles. The molecule has 5 heteroatoms. The van der Waals surface area contributed by atoms with Gasteiger partial charge < -0.3 is 5.73 Å². The van der Waals surface area contributed by atoms with Crippen LogP contribution in [-0.4, -0.2) is 22.5 Å². The molecule has 0 aromatic carbocycles. The van der Waals surface area contributed by atoms with Gasteiger partial charge in [-0.25, -0.2) is 4.39 Å². The maximum Gasteiger partial charge on any atom is 0.118 e. The monoisotopic (exact) mass is 263 g/mol. The summed E-state index contributed by atoms with van der Waals surface area (Å²) in [6, 6.07) is 0. The van der Waals surface area contributed by atoms with Crippen LogP contribution in [0.5, 0.6) is 0 Å². The summed E-state index contributed by atoms with van der Waals surface area (Å²) in [7, 11) is 0. The minimum Gasteiger partial charge on any atom is -0.328 e. The summed E-state index contributed by atoms with van der Waals surface area (Å²) in [6.45, 7) is 4.69. The van der Waals surface area contributed by atoms with Gasteiger partial charge >= 0.3 is 0 Å². The van der Waals surface area contributed by atoms with Gasteiger partial charge in [-0.15, -0.1) is 0 Å². The highest BCUT2D eigenvalue weighted by Crippen LogP contribution is 2.22. The number of nitrogens with two attached hydrogens (primary N) is 1. The van der Waals surface area contributed by atoms with Crippen molar-refractivity contribution in [2.24, 2.45) is 5.73 Å². The Morgan fingerprint density at radius 1 is 1.64 bits per heavy atom. The van der Waals surface area contributed by atoms with Gasteiger partial charge in [-0.1, -0.05) is 0 Å². The van der Waals surface area contributed by atoms with E-state index >= 15 is 0 Å². The van der Waals surface area contributed by atoms with Crippen molar-refractivity contribution in [2.75, 3.05) is 6.54 Å². The Kier molecular flexibility index (Phi) is 4.07. The molecule has 1 unspecified atom stereocenters. The van der Waals surface area contributed by atoms with Crippen LogP contribution < -0.4 is 5.73 Å². The number of hydrogen-bond acceptors (Lipinski definition) is 2. The van der Waals surface area contributed by atoms with Crippen LogP contribution in [0, 0.1) is 6.92 Å². The van der Waals surface area contributed by atoms with Crippen LogP contribution in [0.3, 0.4) is 0 Å². The van der Waals surface area contributed by atoms with E-state index in [0.29, 0.717) is 6.42 Å². The van der Waals surface area contributed by atoms with Gasteiger partial charge in [-0.3, -0.25) is 4.68 Å². The summed E-state index contributed by atoms with van der Waals surface area (Å²) in [6.07, 6.45) is -0.668. The van der Waals surface area contributed by atoms with Gasteiger partial charge in [0.15, 0.2) is 0 Å². The van der Waals surface area contributed by atoms with Crippen molar-refractivity contribution in [3.05, 3.63) is 15.9 Å².